The largest absolute Gasteiger partial charge is 0.318 e. The number of rotatable bonds is 5. The lowest BCUT2D eigenvalue weighted by Gasteiger charge is -2.43. The van der Waals surface area contributed by atoms with Crippen LogP contribution in [0.1, 0.15) is 47.0 Å². The van der Waals surface area contributed by atoms with Crippen molar-refractivity contribution in [1.29, 1.82) is 0 Å². The average molecular weight is 226 g/mol. The van der Waals surface area contributed by atoms with Crippen molar-refractivity contribution in [3.63, 3.8) is 0 Å². The molecular formula is C14H30N2. The maximum Gasteiger partial charge on any atom is 0.0243 e. The highest BCUT2D eigenvalue weighted by molar-refractivity contribution is 4.86. The Morgan fingerprint density at radius 3 is 2.19 bits per heavy atom. The minimum Gasteiger partial charge on any atom is -0.318 e. The summed E-state index contributed by atoms with van der Waals surface area (Å²) in [5.41, 5.74) is 0.609. The van der Waals surface area contributed by atoms with Crippen molar-refractivity contribution in [3.8, 4) is 0 Å². The highest BCUT2D eigenvalue weighted by Gasteiger charge is 2.31. The molecule has 2 heteroatoms. The normalized spacial score (nSPS) is 23.6. The van der Waals surface area contributed by atoms with E-state index in [0.717, 1.165) is 12.5 Å². The van der Waals surface area contributed by atoms with E-state index in [-0.39, 0.29) is 0 Å². The van der Waals surface area contributed by atoms with Crippen molar-refractivity contribution in [2.45, 2.75) is 53.0 Å². The molecule has 0 aliphatic carbocycles. The van der Waals surface area contributed by atoms with E-state index in [4.69, 9.17) is 0 Å². The second-order valence-corrected chi connectivity index (χ2v) is 6.07. The van der Waals surface area contributed by atoms with Crippen LogP contribution in [0.3, 0.4) is 0 Å². The quantitative estimate of drug-likeness (QED) is 0.775. The van der Waals surface area contributed by atoms with Crippen LogP contribution in [0.4, 0.5) is 0 Å². The lowest BCUT2D eigenvalue weighted by atomic mass is 9.77. The first kappa shape index (κ1) is 14.0. The number of nitrogens with one attached hydrogen (secondary N) is 1. The number of piperidine rings is 1. The van der Waals surface area contributed by atoms with Crippen molar-refractivity contribution in [1.82, 2.24) is 10.2 Å². The van der Waals surface area contributed by atoms with Crippen molar-refractivity contribution in [2.24, 2.45) is 11.3 Å². The Morgan fingerprint density at radius 1 is 1.25 bits per heavy atom. The zero-order valence-corrected chi connectivity index (χ0v) is 11.8. The van der Waals surface area contributed by atoms with Crippen LogP contribution in [0.15, 0.2) is 0 Å². The van der Waals surface area contributed by atoms with Gasteiger partial charge >= 0.3 is 0 Å². The first-order valence-electron chi connectivity index (χ1n) is 6.91. The molecule has 16 heavy (non-hydrogen) atoms. The number of likely N-dealkylation sites (N-methyl/N-ethyl adjacent to an activating group) is 1. The Kier molecular flexibility index (Phi) is 5.26. The third kappa shape index (κ3) is 3.46. The van der Waals surface area contributed by atoms with E-state index in [1.807, 2.05) is 0 Å². The van der Waals surface area contributed by atoms with Crippen molar-refractivity contribution < 1.29 is 0 Å². The highest BCUT2D eigenvalue weighted by Crippen LogP contribution is 2.35. The van der Waals surface area contributed by atoms with Gasteiger partial charge in [-0.1, -0.05) is 34.1 Å². The Bertz CT molecular complexity index is 193. The summed E-state index contributed by atoms with van der Waals surface area (Å²) in [6, 6.07) is 0.714. The van der Waals surface area contributed by atoms with E-state index >= 15 is 0 Å². The van der Waals surface area contributed by atoms with Gasteiger partial charge in [0.05, 0.1) is 0 Å². The molecule has 1 rings (SSSR count). The van der Waals surface area contributed by atoms with E-state index in [2.05, 4.69) is 45.0 Å². The molecule has 1 fully saturated rings. The standard InChI is InChI=1S/C14H30N2/c1-6-14(4)7-9-16(10-8-14)13(11-15-5)12(2)3/h12-13,15H,6-11H2,1-5H3. The molecule has 1 N–H and O–H groups in total. The van der Waals surface area contributed by atoms with E-state index in [1.54, 1.807) is 0 Å². The molecule has 1 saturated heterocycles. The molecule has 0 aromatic heterocycles. The van der Waals surface area contributed by atoms with Crippen LogP contribution in [0, 0.1) is 11.3 Å². The van der Waals surface area contributed by atoms with Gasteiger partial charge in [0, 0.05) is 12.6 Å². The predicted molar refractivity (Wildman–Crippen MR) is 71.8 cm³/mol. The van der Waals surface area contributed by atoms with E-state index in [0.29, 0.717) is 11.5 Å². The summed E-state index contributed by atoms with van der Waals surface area (Å²) in [7, 11) is 2.06. The average Bonchev–Trinajstić information content (AvgIpc) is 2.27. The fourth-order valence-corrected chi connectivity index (χ4v) is 2.74. The van der Waals surface area contributed by atoms with Crippen LogP contribution in [-0.4, -0.2) is 37.6 Å². The van der Waals surface area contributed by atoms with Crippen LogP contribution in [0.2, 0.25) is 0 Å². The van der Waals surface area contributed by atoms with E-state index in [1.165, 1.54) is 32.4 Å². The van der Waals surface area contributed by atoms with Gasteiger partial charge in [-0.3, -0.25) is 4.90 Å². The number of nitrogens with zero attached hydrogens (tertiary/aromatic N) is 1. The third-order valence-electron chi connectivity index (χ3n) is 4.51. The molecule has 1 atom stereocenters. The summed E-state index contributed by atoms with van der Waals surface area (Å²) in [6.07, 6.45) is 4.08. The minimum absolute atomic E-state index is 0.609. The van der Waals surface area contributed by atoms with Crippen LogP contribution in [0.5, 0.6) is 0 Å². The Labute approximate surface area is 102 Å². The molecule has 1 unspecified atom stereocenters. The molecule has 1 heterocycles. The number of hydrogen-bond donors (Lipinski definition) is 1. The Balaban J connectivity index is 2.50. The zero-order chi connectivity index (χ0) is 12.2. The minimum atomic E-state index is 0.609. The molecule has 0 spiro atoms. The zero-order valence-electron chi connectivity index (χ0n) is 11.8. The highest BCUT2D eigenvalue weighted by atomic mass is 15.2. The summed E-state index contributed by atoms with van der Waals surface area (Å²) in [6.45, 7) is 13.2. The summed E-state index contributed by atoms with van der Waals surface area (Å²) in [5, 5.41) is 3.34. The van der Waals surface area contributed by atoms with Crippen LogP contribution < -0.4 is 5.32 Å². The van der Waals surface area contributed by atoms with Crippen LogP contribution >= 0.6 is 0 Å². The molecular weight excluding hydrogens is 196 g/mol. The van der Waals surface area contributed by atoms with Gasteiger partial charge in [0.25, 0.3) is 0 Å². The fourth-order valence-electron chi connectivity index (χ4n) is 2.74. The van der Waals surface area contributed by atoms with Crippen molar-refractivity contribution in [2.75, 3.05) is 26.7 Å². The summed E-state index contributed by atoms with van der Waals surface area (Å²) in [5.74, 6) is 0.749. The second-order valence-electron chi connectivity index (χ2n) is 6.07. The van der Waals surface area contributed by atoms with Gasteiger partial charge in [0.15, 0.2) is 0 Å². The van der Waals surface area contributed by atoms with Gasteiger partial charge in [-0.2, -0.15) is 0 Å². The van der Waals surface area contributed by atoms with E-state index in [9.17, 15) is 0 Å². The molecule has 0 bridgehead atoms. The second kappa shape index (κ2) is 6.02. The molecule has 1 aliphatic rings. The molecule has 1 aliphatic heterocycles. The van der Waals surface area contributed by atoms with Gasteiger partial charge in [0.1, 0.15) is 0 Å². The van der Waals surface area contributed by atoms with Crippen molar-refractivity contribution >= 4 is 0 Å². The van der Waals surface area contributed by atoms with Gasteiger partial charge < -0.3 is 5.32 Å². The molecule has 0 amide bonds. The monoisotopic (exact) mass is 226 g/mol. The van der Waals surface area contributed by atoms with Crippen LogP contribution in [-0.2, 0) is 0 Å². The van der Waals surface area contributed by atoms with Gasteiger partial charge in [0.2, 0.25) is 0 Å². The molecule has 0 saturated carbocycles. The Hall–Kier alpha value is -0.0800. The molecule has 0 aromatic carbocycles. The topological polar surface area (TPSA) is 15.3 Å². The van der Waals surface area contributed by atoms with Crippen LogP contribution in [0.25, 0.3) is 0 Å². The Morgan fingerprint density at radius 2 is 1.81 bits per heavy atom. The number of likely N-dealkylation sites (tertiary alicyclic amines) is 1. The lowest BCUT2D eigenvalue weighted by Crippen LogP contribution is -2.50. The van der Waals surface area contributed by atoms with Gasteiger partial charge in [-0.25, -0.2) is 0 Å². The summed E-state index contributed by atoms with van der Waals surface area (Å²) >= 11 is 0. The predicted octanol–water partition coefficient (Wildman–Crippen LogP) is 2.74. The lowest BCUT2D eigenvalue weighted by molar-refractivity contribution is 0.0632. The molecule has 0 radical (unpaired) electrons. The first-order chi connectivity index (χ1) is 7.52. The maximum atomic E-state index is 3.34. The molecule has 2 nitrogen and oxygen atoms in total. The van der Waals surface area contributed by atoms with E-state index < -0.39 is 0 Å². The summed E-state index contributed by atoms with van der Waals surface area (Å²) < 4.78 is 0. The summed E-state index contributed by atoms with van der Waals surface area (Å²) in [4.78, 5) is 2.69. The molecule has 96 valence electrons. The van der Waals surface area contributed by atoms with Crippen molar-refractivity contribution in [3.05, 3.63) is 0 Å². The SMILES string of the molecule is CCC1(C)CCN(C(CNC)C(C)C)CC1. The number of hydrogen-bond acceptors (Lipinski definition) is 2. The van der Waals surface area contributed by atoms with Gasteiger partial charge in [-0.05, 0) is 44.3 Å². The smallest absolute Gasteiger partial charge is 0.0243 e. The third-order valence-corrected chi connectivity index (χ3v) is 4.51. The first-order valence-corrected chi connectivity index (χ1v) is 6.91. The fraction of sp³-hybridized carbons (Fsp3) is 1.00. The van der Waals surface area contributed by atoms with Gasteiger partial charge in [-0.15, -0.1) is 0 Å². The maximum absolute atomic E-state index is 3.34. The molecule has 0 aromatic rings.